The lowest BCUT2D eigenvalue weighted by Crippen LogP contribution is -2.10. The van der Waals surface area contributed by atoms with Gasteiger partial charge in [0, 0.05) is 25.8 Å². The number of aliphatic hydroxyl groups excluding tert-OH is 1. The Balaban J connectivity index is 2.31. The number of aliphatic hydroxyl groups is 1. The Labute approximate surface area is 101 Å². The molecule has 0 spiro atoms. The van der Waals surface area contributed by atoms with Crippen LogP contribution in [0.25, 0.3) is 0 Å². The van der Waals surface area contributed by atoms with Crippen molar-refractivity contribution < 1.29 is 9.84 Å². The van der Waals surface area contributed by atoms with Crippen LogP contribution in [0.1, 0.15) is 12.0 Å². The maximum atomic E-state index is 8.53. The van der Waals surface area contributed by atoms with E-state index >= 15 is 0 Å². The van der Waals surface area contributed by atoms with Crippen molar-refractivity contribution >= 4 is 11.6 Å². The van der Waals surface area contributed by atoms with Gasteiger partial charge in [0.25, 0.3) is 0 Å². The van der Waals surface area contributed by atoms with Crippen molar-refractivity contribution in [1.82, 2.24) is 9.97 Å². The summed E-state index contributed by atoms with van der Waals surface area (Å²) in [5.74, 6) is 1.67. The molecule has 0 atom stereocenters. The smallest absolute Gasteiger partial charge is 0.134 e. The molecule has 0 saturated heterocycles. The van der Waals surface area contributed by atoms with E-state index in [1.807, 2.05) is 14.0 Å². The molecule has 96 valence electrons. The number of anilines is 2. The molecular weight excluding hydrogens is 220 g/mol. The van der Waals surface area contributed by atoms with Gasteiger partial charge in [-0.2, -0.15) is 0 Å². The van der Waals surface area contributed by atoms with Gasteiger partial charge in [-0.15, -0.1) is 0 Å². The summed E-state index contributed by atoms with van der Waals surface area (Å²) >= 11 is 0. The Morgan fingerprint density at radius 3 is 2.76 bits per heavy atom. The van der Waals surface area contributed by atoms with Crippen LogP contribution in [0.3, 0.4) is 0 Å². The van der Waals surface area contributed by atoms with Crippen molar-refractivity contribution in [2.75, 3.05) is 44.0 Å². The average Bonchev–Trinajstić information content (AvgIpc) is 2.35. The first-order valence-electron chi connectivity index (χ1n) is 5.71. The largest absolute Gasteiger partial charge is 0.394 e. The van der Waals surface area contributed by atoms with Crippen LogP contribution in [-0.4, -0.2) is 48.5 Å². The average molecular weight is 240 g/mol. The monoisotopic (exact) mass is 240 g/mol. The molecule has 0 amide bonds. The zero-order chi connectivity index (χ0) is 12.5. The van der Waals surface area contributed by atoms with Crippen molar-refractivity contribution in [1.29, 1.82) is 0 Å². The molecule has 0 aromatic carbocycles. The Morgan fingerprint density at radius 2 is 2.06 bits per heavy atom. The van der Waals surface area contributed by atoms with E-state index in [0.29, 0.717) is 13.2 Å². The molecule has 1 aromatic heterocycles. The van der Waals surface area contributed by atoms with Crippen molar-refractivity contribution in [3.8, 4) is 0 Å². The quantitative estimate of drug-likeness (QED) is 0.579. The number of nitrogens with zero attached hydrogens (tertiary/aromatic N) is 2. The zero-order valence-electron chi connectivity index (χ0n) is 10.4. The highest BCUT2D eigenvalue weighted by Gasteiger charge is 2.04. The van der Waals surface area contributed by atoms with Crippen molar-refractivity contribution in [3.05, 3.63) is 11.9 Å². The van der Waals surface area contributed by atoms with E-state index in [2.05, 4.69) is 20.6 Å². The van der Waals surface area contributed by atoms with E-state index in [-0.39, 0.29) is 6.61 Å². The summed E-state index contributed by atoms with van der Waals surface area (Å²) in [5, 5.41) is 14.8. The number of hydrogen-bond acceptors (Lipinski definition) is 6. The van der Waals surface area contributed by atoms with Crippen LogP contribution in [-0.2, 0) is 4.74 Å². The normalized spacial score (nSPS) is 10.3. The number of nitrogens with one attached hydrogen (secondary N) is 2. The fourth-order valence-corrected chi connectivity index (χ4v) is 1.43. The molecule has 0 radical (unpaired) electrons. The molecule has 0 saturated carbocycles. The Morgan fingerprint density at radius 1 is 1.29 bits per heavy atom. The Bertz CT molecular complexity index is 333. The van der Waals surface area contributed by atoms with Gasteiger partial charge in [0.1, 0.15) is 18.0 Å². The van der Waals surface area contributed by atoms with Gasteiger partial charge in [0.2, 0.25) is 0 Å². The molecule has 6 nitrogen and oxygen atoms in total. The molecule has 17 heavy (non-hydrogen) atoms. The van der Waals surface area contributed by atoms with Gasteiger partial charge in [0.05, 0.1) is 13.2 Å². The molecule has 0 bridgehead atoms. The number of ether oxygens (including phenoxy) is 1. The van der Waals surface area contributed by atoms with Gasteiger partial charge in [-0.3, -0.25) is 0 Å². The maximum absolute atomic E-state index is 8.53. The highest BCUT2D eigenvalue weighted by Crippen LogP contribution is 2.16. The number of hydrogen-bond donors (Lipinski definition) is 3. The van der Waals surface area contributed by atoms with Gasteiger partial charge < -0.3 is 20.5 Å². The summed E-state index contributed by atoms with van der Waals surface area (Å²) in [6.45, 7) is 3.86. The van der Waals surface area contributed by atoms with Crippen LogP contribution < -0.4 is 10.6 Å². The molecule has 6 heteroatoms. The fraction of sp³-hybridized carbons (Fsp3) is 0.636. The highest BCUT2D eigenvalue weighted by atomic mass is 16.5. The first kappa shape index (κ1) is 13.7. The summed E-state index contributed by atoms with van der Waals surface area (Å²) in [6, 6.07) is 0. The van der Waals surface area contributed by atoms with Gasteiger partial charge in [-0.1, -0.05) is 0 Å². The van der Waals surface area contributed by atoms with Crippen LogP contribution in [0.2, 0.25) is 0 Å². The minimum absolute atomic E-state index is 0.0734. The van der Waals surface area contributed by atoms with Crippen LogP contribution in [0.4, 0.5) is 11.6 Å². The van der Waals surface area contributed by atoms with Crippen molar-refractivity contribution in [2.45, 2.75) is 13.3 Å². The molecule has 1 aromatic rings. The number of rotatable bonds is 8. The second-order valence-corrected chi connectivity index (χ2v) is 3.56. The standard InChI is InChI=1S/C11H20N4O2/c1-9-10(12-2)14-8-15-11(9)13-4-3-6-17-7-5-16/h8,16H,3-7H2,1-2H3,(H2,12,13,14,15). The third-order valence-corrected chi connectivity index (χ3v) is 2.31. The van der Waals surface area contributed by atoms with E-state index in [9.17, 15) is 0 Å². The summed E-state index contributed by atoms with van der Waals surface area (Å²) in [4.78, 5) is 8.29. The molecule has 0 aliphatic carbocycles. The van der Waals surface area contributed by atoms with E-state index in [4.69, 9.17) is 9.84 Å². The third-order valence-electron chi connectivity index (χ3n) is 2.31. The van der Waals surface area contributed by atoms with Gasteiger partial charge in [0.15, 0.2) is 0 Å². The minimum Gasteiger partial charge on any atom is -0.394 e. The first-order valence-corrected chi connectivity index (χ1v) is 5.71. The summed E-state index contributed by atoms with van der Waals surface area (Å²) in [6.07, 6.45) is 2.40. The molecule has 3 N–H and O–H groups in total. The third kappa shape index (κ3) is 4.54. The second-order valence-electron chi connectivity index (χ2n) is 3.56. The van der Waals surface area contributed by atoms with E-state index in [1.165, 1.54) is 6.33 Å². The molecule has 1 heterocycles. The predicted octanol–water partition coefficient (Wildman–Crippen LogP) is 0.638. The molecule has 1 rings (SSSR count). The van der Waals surface area contributed by atoms with Crippen LogP contribution in [0.5, 0.6) is 0 Å². The van der Waals surface area contributed by atoms with E-state index in [0.717, 1.165) is 30.2 Å². The second kappa shape index (κ2) is 7.81. The molecule has 0 fully saturated rings. The topological polar surface area (TPSA) is 79.3 Å². The summed E-state index contributed by atoms with van der Waals surface area (Å²) in [7, 11) is 1.84. The van der Waals surface area contributed by atoms with Crippen LogP contribution in [0, 0.1) is 6.92 Å². The minimum atomic E-state index is 0.0734. The zero-order valence-corrected chi connectivity index (χ0v) is 10.4. The molecule has 0 aliphatic heterocycles. The SMILES string of the molecule is CNc1ncnc(NCCCOCCO)c1C. The Kier molecular flexibility index (Phi) is 6.27. The maximum Gasteiger partial charge on any atom is 0.134 e. The van der Waals surface area contributed by atoms with Gasteiger partial charge in [-0.05, 0) is 13.3 Å². The molecule has 0 unspecified atom stereocenters. The lowest BCUT2D eigenvalue weighted by atomic mass is 10.3. The van der Waals surface area contributed by atoms with Gasteiger partial charge in [-0.25, -0.2) is 9.97 Å². The lowest BCUT2D eigenvalue weighted by Gasteiger charge is -2.10. The summed E-state index contributed by atoms with van der Waals surface area (Å²) < 4.78 is 5.16. The first-order chi connectivity index (χ1) is 8.29. The highest BCUT2D eigenvalue weighted by molar-refractivity contribution is 5.55. The Hall–Kier alpha value is -1.40. The van der Waals surface area contributed by atoms with Crippen molar-refractivity contribution in [2.24, 2.45) is 0 Å². The van der Waals surface area contributed by atoms with Crippen LogP contribution >= 0.6 is 0 Å². The predicted molar refractivity (Wildman–Crippen MR) is 67.3 cm³/mol. The van der Waals surface area contributed by atoms with Gasteiger partial charge >= 0.3 is 0 Å². The lowest BCUT2D eigenvalue weighted by molar-refractivity contribution is 0.0922. The number of aromatic nitrogens is 2. The van der Waals surface area contributed by atoms with Crippen molar-refractivity contribution in [3.63, 3.8) is 0 Å². The summed E-state index contributed by atoms with van der Waals surface area (Å²) in [5.41, 5.74) is 1.01. The van der Waals surface area contributed by atoms with E-state index in [1.54, 1.807) is 0 Å². The molecule has 0 aliphatic rings. The molecular formula is C11H20N4O2. The van der Waals surface area contributed by atoms with E-state index < -0.39 is 0 Å². The van der Waals surface area contributed by atoms with Crippen LogP contribution in [0.15, 0.2) is 6.33 Å². The fourth-order valence-electron chi connectivity index (χ4n) is 1.43.